The fraction of sp³-hybridized carbons (Fsp3) is 1.00. The fourth-order valence-corrected chi connectivity index (χ4v) is 0. The molecule has 0 saturated heterocycles. The van der Waals surface area contributed by atoms with E-state index in [4.69, 9.17) is 5.26 Å². The van der Waals surface area contributed by atoms with E-state index >= 15 is 0 Å². The normalized spacial score (nSPS) is 4.50. The quantitative estimate of drug-likeness (QED) is 0.190. The van der Waals surface area contributed by atoms with Crippen LogP contribution in [0.1, 0.15) is 1.43 Å². The van der Waals surface area contributed by atoms with Crippen LogP contribution in [0.3, 0.4) is 0 Å². The number of hydrogen-bond acceptors (Lipinski definition) is 2. The fourth-order valence-electron chi connectivity index (χ4n) is 0. The molecule has 0 heterocycles. The largest absolute Gasteiger partial charge is 1.00 e. The standard InChI is InChI=1S/CH4O2.Na.H/c1-3-2;;/h2H,1H3;;/q;+1;-1. The van der Waals surface area contributed by atoms with Crippen molar-refractivity contribution in [3.05, 3.63) is 0 Å². The van der Waals surface area contributed by atoms with Crippen LogP contribution in [0.15, 0.2) is 0 Å². The van der Waals surface area contributed by atoms with Gasteiger partial charge in [-0.25, -0.2) is 4.89 Å². The first-order valence-electron chi connectivity index (χ1n) is 0.591. The van der Waals surface area contributed by atoms with Crippen molar-refractivity contribution in [3.63, 3.8) is 0 Å². The minimum Gasteiger partial charge on any atom is -1.00 e. The van der Waals surface area contributed by atoms with Crippen molar-refractivity contribution in [2.24, 2.45) is 0 Å². The van der Waals surface area contributed by atoms with Crippen LogP contribution in [0.5, 0.6) is 0 Å². The average molecular weight is 72.0 g/mol. The van der Waals surface area contributed by atoms with Gasteiger partial charge >= 0.3 is 29.6 Å². The second-order valence-corrected chi connectivity index (χ2v) is 0.183. The van der Waals surface area contributed by atoms with Crippen LogP contribution in [0.25, 0.3) is 0 Å². The summed E-state index contributed by atoms with van der Waals surface area (Å²) in [5, 5.41) is 7.07. The smallest absolute Gasteiger partial charge is 1.00 e. The first kappa shape index (κ1) is 8.87. The predicted octanol–water partition coefficient (Wildman–Crippen LogP) is -2.78. The van der Waals surface area contributed by atoms with E-state index in [2.05, 4.69) is 4.89 Å². The molecular formula is CH5NaO2. The van der Waals surface area contributed by atoms with Crippen LogP contribution >= 0.6 is 0 Å². The molecule has 0 rings (SSSR count). The van der Waals surface area contributed by atoms with E-state index < -0.39 is 0 Å². The molecule has 0 aromatic carbocycles. The van der Waals surface area contributed by atoms with Gasteiger partial charge in [0.05, 0.1) is 7.11 Å². The van der Waals surface area contributed by atoms with E-state index in [9.17, 15) is 0 Å². The summed E-state index contributed by atoms with van der Waals surface area (Å²) in [7, 11) is 1.18. The van der Waals surface area contributed by atoms with Crippen LogP contribution in [0.4, 0.5) is 0 Å². The summed E-state index contributed by atoms with van der Waals surface area (Å²) in [5.41, 5.74) is 0. The zero-order chi connectivity index (χ0) is 2.71. The van der Waals surface area contributed by atoms with Gasteiger partial charge in [0.25, 0.3) is 0 Å². The van der Waals surface area contributed by atoms with Crippen molar-refractivity contribution in [1.29, 1.82) is 0 Å². The first-order valence-corrected chi connectivity index (χ1v) is 0.591. The maximum Gasteiger partial charge on any atom is 1.00 e. The number of rotatable bonds is 0. The molecule has 0 atom stereocenters. The van der Waals surface area contributed by atoms with Gasteiger partial charge in [0.15, 0.2) is 0 Å². The molecule has 0 aromatic rings. The van der Waals surface area contributed by atoms with E-state index in [1.165, 1.54) is 7.11 Å². The Morgan fingerprint density at radius 1 is 2.00 bits per heavy atom. The monoisotopic (exact) mass is 72.0 g/mol. The zero-order valence-corrected chi connectivity index (χ0v) is 4.86. The Bertz CT molecular complexity index is 9.61. The van der Waals surface area contributed by atoms with Crippen molar-refractivity contribution in [2.75, 3.05) is 7.11 Å². The van der Waals surface area contributed by atoms with Gasteiger partial charge in [-0.2, -0.15) is 0 Å². The summed E-state index contributed by atoms with van der Waals surface area (Å²) < 4.78 is 0. The van der Waals surface area contributed by atoms with Crippen LogP contribution < -0.4 is 29.6 Å². The molecule has 0 aromatic heterocycles. The Morgan fingerprint density at radius 2 is 2.00 bits per heavy atom. The third-order valence-corrected chi connectivity index (χ3v) is 0. The van der Waals surface area contributed by atoms with Crippen molar-refractivity contribution >= 4 is 0 Å². The van der Waals surface area contributed by atoms with Crippen molar-refractivity contribution in [1.82, 2.24) is 0 Å². The molecule has 0 amide bonds. The minimum absolute atomic E-state index is 0. The van der Waals surface area contributed by atoms with Crippen LogP contribution in [-0.2, 0) is 4.89 Å². The molecule has 0 fully saturated rings. The van der Waals surface area contributed by atoms with E-state index in [1.807, 2.05) is 0 Å². The van der Waals surface area contributed by atoms with Gasteiger partial charge in [0, 0.05) is 0 Å². The molecular weight excluding hydrogens is 67.0 g/mol. The Morgan fingerprint density at radius 3 is 2.00 bits per heavy atom. The Hall–Kier alpha value is 0.920. The molecule has 0 radical (unpaired) electrons. The maximum atomic E-state index is 7.07. The van der Waals surface area contributed by atoms with Crippen LogP contribution in [-0.4, -0.2) is 12.4 Å². The molecule has 0 aliphatic heterocycles. The topological polar surface area (TPSA) is 29.5 Å². The molecule has 0 saturated carbocycles. The van der Waals surface area contributed by atoms with Gasteiger partial charge in [0.1, 0.15) is 0 Å². The Kier molecular flexibility index (Phi) is 20.1. The molecule has 0 aliphatic carbocycles. The maximum absolute atomic E-state index is 7.07. The minimum atomic E-state index is 0. The van der Waals surface area contributed by atoms with Gasteiger partial charge in [0.2, 0.25) is 0 Å². The van der Waals surface area contributed by atoms with Gasteiger partial charge in [-0.05, 0) is 0 Å². The summed E-state index contributed by atoms with van der Waals surface area (Å²) in [6.45, 7) is 0. The predicted molar refractivity (Wildman–Crippen MR) is 10.7 cm³/mol. The van der Waals surface area contributed by atoms with Crippen molar-refractivity contribution in [2.45, 2.75) is 0 Å². The molecule has 0 spiro atoms. The molecule has 1 N–H and O–H groups in total. The van der Waals surface area contributed by atoms with Gasteiger partial charge in [-0.15, -0.1) is 0 Å². The molecule has 4 heavy (non-hydrogen) atoms. The first-order chi connectivity index (χ1) is 1.41. The second-order valence-electron chi connectivity index (χ2n) is 0.183. The Labute approximate surface area is 48.5 Å². The molecule has 0 unspecified atom stereocenters. The molecule has 2 nitrogen and oxygen atoms in total. The average Bonchev–Trinajstić information content (AvgIpc) is 0.918. The van der Waals surface area contributed by atoms with E-state index in [0.29, 0.717) is 0 Å². The summed E-state index contributed by atoms with van der Waals surface area (Å²) in [5.74, 6) is 0. The summed E-state index contributed by atoms with van der Waals surface area (Å²) in [4.78, 5) is 3.25. The number of hydrogen-bond donors (Lipinski definition) is 1. The summed E-state index contributed by atoms with van der Waals surface area (Å²) in [6, 6.07) is 0. The summed E-state index contributed by atoms with van der Waals surface area (Å²) in [6.07, 6.45) is 0. The zero-order valence-electron chi connectivity index (χ0n) is 3.86. The van der Waals surface area contributed by atoms with E-state index in [-0.39, 0.29) is 31.0 Å². The molecule has 22 valence electrons. The van der Waals surface area contributed by atoms with Crippen molar-refractivity contribution in [3.8, 4) is 0 Å². The van der Waals surface area contributed by atoms with E-state index in [0.717, 1.165) is 0 Å². The van der Waals surface area contributed by atoms with Gasteiger partial charge in [-0.1, -0.05) is 0 Å². The molecule has 3 heteroatoms. The van der Waals surface area contributed by atoms with Crippen LogP contribution in [0, 0.1) is 0 Å². The third kappa shape index (κ3) is 12.7. The van der Waals surface area contributed by atoms with Gasteiger partial charge in [-0.3, -0.25) is 5.26 Å². The Balaban J connectivity index is -0.0000000200. The van der Waals surface area contributed by atoms with Crippen molar-refractivity contribution < 1.29 is 41.1 Å². The van der Waals surface area contributed by atoms with E-state index in [1.54, 1.807) is 0 Å². The second kappa shape index (κ2) is 9.07. The SMILES string of the molecule is COO.[H-].[Na+]. The molecule has 0 aliphatic rings. The molecule has 0 bridgehead atoms. The van der Waals surface area contributed by atoms with Gasteiger partial charge < -0.3 is 1.43 Å². The third-order valence-electron chi connectivity index (χ3n) is 0. The van der Waals surface area contributed by atoms with Crippen LogP contribution in [0.2, 0.25) is 0 Å². The summed E-state index contributed by atoms with van der Waals surface area (Å²) >= 11 is 0.